The van der Waals surface area contributed by atoms with E-state index in [-0.39, 0.29) is 0 Å². The number of aromatic nitrogens is 1. The Labute approximate surface area is 84.7 Å². The average molecular weight is 192 g/mol. The van der Waals surface area contributed by atoms with E-state index < -0.39 is 0 Å². The molecule has 2 heterocycles. The molecular formula is C11H16N2O. The van der Waals surface area contributed by atoms with Crippen LogP contribution < -0.4 is 4.90 Å². The summed E-state index contributed by atoms with van der Waals surface area (Å²) in [5.41, 5.74) is 1.06. The van der Waals surface area contributed by atoms with E-state index in [4.69, 9.17) is 4.74 Å². The van der Waals surface area contributed by atoms with E-state index >= 15 is 0 Å². The molecule has 3 heteroatoms. The van der Waals surface area contributed by atoms with E-state index in [9.17, 15) is 0 Å². The molecule has 0 bridgehead atoms. The molecule has 0 saturated carbocycles. The number of likely N-dealkylation sites (N-methyl/N-ethyl adjacent to an activating group) is 1. The summed E-state index contributed by atoms with van der Waals surface area (Å²) in [6, 6.07) is 6.60. The molecule has 3 nitrogen and oxygen atoms in total. The van der Waals surface area contributed by atoms with Crippen LogP contribution in [0.3, 0.4) is 0 Å². The Bertz CT molecular complexity index is 308. The number of pyridine rings is 1. The normalized spacial score (nSPS) is 21.1. The van der Waals surface area contributed by atoms with E-state index in [0.29, 0.717) is 6.04 Å². The maximum Gasteiger partial charge on any atom is 0.128 e. The molecule has 0 aromatic carbocycles. The van der Waals surface area contributed by atoms with E-state index in [1.54, 1.807) is 0 Å². The third-order valence-electron chi connectivity index (χ3n) is 2.69. The molecule has 0 aliphatic carbocycles. The SMILES string of the molecule is Cc1cccc(N(C)[C@H]2CCOC2)n1. The lowest BCUT2D eigenvalue weighted by molar-refractivity contribution is 0.193. The van der Waals surface area contributed by atoms with Gasteiger partial charge in [0, 0.05) is 19.3 Å². The molecule has 0 unspecified atom stereocenters. The molecule has 1 aromatic rings. The Kier molecular flexibility index (Phi) is 2.68. The van der Waals surface area contributed by atoms with Crippen LogP contribution >= 0.6 is 0 Å². The fourth-order valence-corrected chi connectivity index (χ4v) is 1.74. The van der Waals surface area contributed by atoms with Crippen molar-refractivity contribution < 1.29 is 4.74 Å². The zero-order chi connectivity index (χ0) is 9.97. The zero-order valence-electron chi connectivity index (χ0n) is 8.73. The highest BCUT2D eigenvalue weighted by Crippen LogP contribution is 2.17. The fraction of sp³-hybridized carbons (Fsp3) is 0.545. The van der Waals surface area contributed by atoms with Crippen LogP contribution in [0.2, 0.25) is 0 Å². The lowest BCUT2D eigenvalue weighted by Gasteiger charge is -2.24. The maximum absolute atomic E-state index is 5.36. The topological polar surface area (TPSA) is 25.4 Å². The van der Waals surface area contributed by atoms with Crippen molar-refractivity contribution in [3.63, 3.8) is 0 Å². The maximum atomic E-state index is 5.36. The van der Waals surface area contributed by atoms with Gasteiger partial charge >= 0.3 is 0 Å². The molecule has 1 aromatic heterocycles. The van der Waals surface area contributed by atoms with Gasteiger partial charge in [0.1, 0.15) is 5.82 Å². The molecule has 1 saturated heterocycles. The van der Waals surface area contributed by atoms with Crippen LogP contribution in [0.4, 0.5) is 5.82 Å². The Morgan fingerprint density at radius 3 is 3.00 bits per heavy atom. The summed E-state index contributed by atoms with van der Waals surface area (Å²) in [7, 11) is 2.08. The van der Waals surface area contributed by atoms with Crippen molar-refractivity contribution in [2.24, 2.45) is 0 Å². The predicted molar refractivity (Wildman–Crippen MR) is 56.6 cm³/mol. The second-order valence-corrected chi connectivity index (χ2v) is 3.77. The van der Waals surface area contributed by atoms with Gasteiger partial charge in [-0.25, -0.2) is 4.98 Å². The van der Waals surface area contributed by atoms with Gasteiger partial charge in [0.2, 0.25) is 0 Å². The first-order chi connectivity index (χ1) is 6.77. The van der Waals surface area contributed by atoms with E-state index in [0.717, 1.165) is 31.1 Å². The molecule has 0 spiro atoms. The van der Waals surface area contributed by atoms with E-state index in [1.807, 2.05) is 25.1 Å². The second-order valence-electron chi connectivity index (χ2n) is 3.77. The number of nitrogens with zero attached hydrogens (tertiary/aromatic N) is 2. The predicted octanol–water partition coefficient (Wildman–Crippen LogP) is 1.62. The zero-order valence-corrected chi connectivity index (χ0v) is 8.73. The summed E-state index contributed by atoms with van der Waals surface area (Å²) in [4.78, 5) is 6.70. The molecule has 1 aliphatic rings. The largest absolute Gasteiger partial charge is 0.379 e. The Morgan fingerprint density at radius 1 is 1.50 bits per heavy atom. The van der Waals surface area contributed by atoms with Crippen LogP contribution in [0.1, 0.15) is 12.1 Å². The Hall–Kier alpha value is -1.09. The first-order valence-corrected chi connectivity index (χ1v) is 5.01. The quantitative estimate of drug-likeness (QED) is 0.712. The van der Waals surface area contributed by atoms with E-state index in [1.165, 1.54) is 0 Å². The lowest BCUT2D eigenvalue weighted by Crippen LogP contribution is -2.32. The molecule has 0 radical (unpaired) electrons. The Morgan fingerprint density at radius 2 is 2.36 bits per heavy atom. The third-order valence-corrected chi connectivity index (χ3v) is 2.69. The fourth-order valence-electron chi connectivity index (χ4n) is 1.74. The molecule has 1 aliphatic heterocycles. The highest BCUT2D eigenvalue weighted by molar-refractivity contribution is 5.39. The summed E-state index contributed by atoms with van der Waals surface area (Å²) in [6.07, 6.45) is 1.10. The number of ether oxygens (including phenoxy) is 1. The number of rotatable bonds is 2. The van der Waals surface area contributed by atoms with Gasteiger partial charge in [-0.1, -0.05) is 6.07 Å². The van der Waals surface area contributed by atoms with Crippen molar-refractivity contribution in [1.29, 1.82) is 0 Å². The van der Waals surface area contributed by atoms with Crippen molar-refractivity contribution in [2.75, 3.05) is 25.2 Å². The minimum Gasteiger partial charge on any atom is -0.379 e. The molecule has 2 rings (SSSR count). The average Bonchev–Trinajstić information content (AvgIpc) is 2.69. The molecule has 1 fully saturated rings. The second kappa shape index (κ2) is 3.96. The first-order valence-electron chi connectivity index (χ1n) is 5.01. The van der Waals surface area contributed by atoms with Crippen molar-refractivity contribution in [3.8, 4) is 0 Å². The summed E-state index contributed by atoms with van der Waals surface area (Å²) in [5, 5.41) is 0. The Balaban J connectivity index is 2.13. The molecule has 0 amide bonds. The van der Waals surface area contributed by atoms with Crippen molar-refractivity contribution >= 4 is 5.82 Å². The van der Waals surface area contributed by atoms with Crippen LogP contribution in [-0.2, 0) is 4.74 Å². The van der Waals surface area contributed by atoms with Gasteiger partial charge < -0.3 is 9.64 Å². The summed E-state index contributed by atoms with van der Waals surface area (Å²) in [6.45, 7) is 3.72. The molecule has 14 heavy (non-hydrogen) atoms. The number of hydrogen-bond acceptors (Lipinski definition) is 3. The van der Waals surface area contributed by atoms with Gasteiger partial charge in [-0.15, -0.1) is 0 Å². The van der Waals surface area contributed by atoms with Gasteiger partial charge in [0.05, 0.1) is 12.6 Å². The van der Waals surface area contributed by atoms with Crippen LogP contribution in [0, 0.1) is 6.92 Å². The first kappa shape index (κ1) is 9.46. The van der Waals surface area contributed by atoms with Crippen LogP contribution in [0.15, 0.2) is 18.2 Å². The van der Waals surface area contributed by atoms with Gasteiger partial charge in [-0.2, -0.15) is 0 Å². The van der Waals surface area contributed by atoms with Gasteiger partial charge in [-0.3, -0.25) is 0 Å². The number of aryl methyl sites for hydroxylation is 1. The third kappa shape index (κ3) is 1.87. The monoisotopic (exact) mass is 192 g/mol. The summed E-state index contributed by atoms with van der Waals surface area (Å²) in [5.74, 6) is 1.04. The smallest absolute Gasteiger partial charge is 0.128 e. The van der Waals surface area contributed by atoms with Gasteiger partial charge in [-0.05, 0) is 25.5 Å². The molecular weight excluding hydrogens is 176 g/mol. The van der Waals surface area contributed by atoms with Crippen molar-refractivity contribution in [1.82, 2.24) is 4.98 Å². The summed E-state index contributed by atoms with van der Waals surface area (Å²) >= 11 is 0. The van der Waals surface area contributed by atoms with Crippen molar-refractivity contribution in [3.05, 3.63) is 23.9 Å². The lowest BCUT2D eigenvalue weighted by atomic mass is 10.2. The number of hydrogen-bond donors (Lipinski definition) is 0. The number of anilines is 1. The highest BCUT2D eigenvalue weighted by Gasteiger charge is 2.20. The molecule has 1 atom stereocenters. The minimum atomic E-state index is 0.490. The van der Waals surface area contributed by atoms with Crippen molar-refractivity contribution in [2.45, 2.75) is 19.4 Å². The van der Waals surface area contributed by atoms with Gasteiger partial charge in [0.25, 0.3) is 0 Å². The molecule has 76 valence electrons. The van der Waals surface area contributed by atoms with Crippen LogP contribution in [0.5, 0.6) is 0 Å². The van der Waals surface area contributed by atoms with E-state index in [2.05, 4.69) is 16.9 Å². The van der Waals surface area contributed by atoms with Crippen LogP contribution in [0.25, 0.3) is 0 Å². The minimum absolute atomic E-state index is 0.490. The highest BCUT2D eigenvalue weighted by atomic mass is 16.5. The standard InChI is InChI=1S/C11H16N2O/c1-9-4-3-5-11(12-9)13(2)10-6-7-14-8-10/h3-5,10H,6-8H2,1-2H3/t10-/m0/s1. The summed E-state index contributed by atoms with van der Waals surface area (Å²) < 4.78 is 5.36. The molecule has 0 N–H and O–H groups in total. The van der Waals surface area contributed by atoms with Gasteiger partial charge in [0.15, 0.2) is 0 Å². The van der Waals surface area contributed by atoms with Crippen LogP contribution in [-0.4, -0.2) is 31.3 Å².